The van der Waals surface area contributed by atoms with Crippen LogP contribution in [0.5, 0.6) is 0 Å². The topological polar surface area (TPSA) is 64.7 Å². The van der Waals surface area contributed by atoms with Crippen LogP contribution < -0.4 is 5.73 Å². The minimum Gasteiger partial charge on any atom is -0.396 e. The van der Waals surface area contributed by atoms with E-state index in [9.17, 15) is 0 Å². The van der Waals surface area contributed by atoms with Gasteiger partial charge in [0.25, 0.3) is 0 Å². The number of rotatable bonds is 8. The second-order valence-corrected chi connectivity index (χ2v) is 3.08. The fraction of sp³-hybridized carbons (Fsp3) is 1.00. The van der Waals surface area contributed by atoms with Crippen LogP contribution in [0.4, 0.5) is 0 Å². The summed E-state index contributed by atoms with van der Waals surface area (Å²) < 4.78 is 10.6. The monoisotopic (exact) mass is 191 g/mol. The molecule has 0 aliphatic carbocycles. The van der Waals surface area contributed by atoms with Crippen LogP contribution in [0.2, 0.25) is 0 Å². The van der Waals surface area contributed by atoms with Crippen molar-refractivity contribution in [3.63, 3.8) is 0 Å². The molecule has 2 unspecified atom stereocenters. The van der Waals surface area contributed by atoms with Gasteiger partial charge in [-0.2, -0.15) is 0 Å². The average Bonchev–Trinajstić information content (AvgIpc) is 2.12. The number of hydrogen-bond acceptors (Lipinski definition) is 4. The van der Waals surface area contributed by atoms with Crippen LogP contribution in [0.1, 0.15) is 20.3 Å². The first kappa shape index (κ1) is 12.8. The molecule has 0 aromatic heterocycles. The van der Waals surface area contributed by atoms with E-state index in [1.807, 2.05) is 13.8 Å². The van der Waals surface area contributed by atoms with E-state index >= 15 is 0 Å². The van der Waals surface area contributed by atoms with Crippen molar-refractivity contribution in [2.75, 3.05) is 26.4 Å². The molecule has 0 heterocycles. The van der Waals surface area contributed by atoms with Gasteiger partial charge >= 0.3 is 0 Å². The van der Waals surface area contributed by atoms with Crippen LogP contribution in [0, 0.1) is 0 Å². The summed E-state index contributed by atoms with van der Waals surface area (Å²) in [6.45, 7) is 5.80. The van der Waals surface area contributed by atoms with Crippen molar-refractivity contribution in [1.29, 1.82) is 0 Å². The molecule has 80 valence electrons. The summed E-state index contributed by atoms with van der Waals surface area (Å²) in [5, 5.41) is 8.58. The van der Waals surface area contributed by atoms with Gasteiger partial charge in [0.15, 0.2) is 0 Å². The first-order valence-electron chi connectivity index (χ1n) is 4.76. The molecule has 2 atom stereocenters. The molecule has 0 spiro atoms. The van der Waals surface area contributed by atoms with Crippen LogP contribution in [0.15, 0.2) is 0 Å². The highest BCUT2D eigenvalue weighted by Crippen LogP contribution is 1.95. The second kappa shape index (κ2) is 8.44. The molecule has 3 N–H and O–H groups in total. The molecule has 0 saturated heterocycles. The lowest BCUT2D eigenvalue weighted by Gasteiger charge is -2.16. The number of ether oxygens (including phenoxy) is 2. The van der Waals surface area contributed by atoms with Crippen LogP contribution in [-0.4, -0.2) is 43.7 Å². The lowest BCUT2D eigenvalue weighted by molar-refractivity contribution is -0.00980. The summed E-state index contributed by atoms with van der Waals surface area (Å²) >= 11 is 0. The maximum absolute atomic E-state index is 8.58. The number of hydrogen-bond donors (Lipinski definition) is 2. The Morgan fingerprint density at radius 1 is 1.38 bits per heavy atom. The third-order valence-electron chi connectivity index (χ3n) is 1.65. The first-order valence-corrected chi connectivity index (χ1v) is 4.76. The Labute approximate surface area is 80.0 Å². The fourth-order valence-electron chi connectivity index (χ4n) is 0.869. The Morgan fingerprint density at radius 3 is 2.62 bits per heavy atom. The zero-order valence-corrected chi connectivity index (χ0v) is 8.53. The SMILES string of the molecule is CCOCC(C)OCC(N)CCO. The standard InChI is InChI=1S/C9H21NO3/c1-3-12-6-8(2)13-7-9(10)4-5-11/h8-9,11H,3-7,10H2,1-2H3. The van der Waals surface area contributed by atoms with Crippen LogP contribution in [-0.2, 0) is 9.47 Å². The van der Waals surface area contributed by atoms with Gasteiger partial charge in [-0.3, -0.25) is 0 Å². The van der Waals surface area contributed by atoms with Gasteiger partial charge in [0.2, 0.25) is 0 Å². The van der Waals surface area contributed by atoms with Gasteiger partial charge in [-0.1, -0.05) is 0 Å². The minimum atomic E-state index is -0.0749. The fourth-order valence-corrected chi connectivity index (χ4v) is 0.869. The Bertz CT molecular complexity index is 111. The maximum Gasteiger partial charge on any atom is 0.0781 e. The van der Waals surface area contributed by atoms with Crippen LogP contribution >= 0.6 is 0 Å². The normalized spacial score (nSPS) is 15.7. The Hall–Kier alpha value is -0.160. The Balaban J connectivity index is 3.29. The van der Waals surface area contributed by atoms with E-state index in [4.69, 9.17) is 20.3 Å². The van der Waals surface area contributed by atoms with E-state index in [0.29, 0.717) is 26.2 Å². The maximum atomic E-state index is 8.58. The van der Waals surface area contributed by atoms with E-state index < -0.39 is 0 Å². The van der Waals surface area contributed by atoms with Crippen molar-refractivity contribution in [3.05, 3.63) is 0 Å². The summed E-state index contributed by atoms with van der Waals surface area (Å²) in [5.41, 5.74) is 5.64. The first-order chi connectivity index (χ1) is 6.20. The minimum absolute atomic E-state index is 0.0738. The predicted octanol–water partition coefficient (Wildman–Crippen LogP) is 0.138. The molecule has 0 aliphatic heterocycles. The van der Waals surface area contributed by atoms with Gasteiger partial charge in [0.1, 0.15) is 0 Å². The van der Waals surface area contributed by atoms with Crippen molar-refractivity contribution >= 4 is 0 Å². The summed E-state index contributed by atoms with van der Waals surface area (Å²) in [6, 6.07) is -0.0749. The van der Waals surface area contributed by atoms with Gasteiger partial charge in [-0.15, -0.1) is 0 Å². The average molecular weight is 191 g/mol. The molecule has 0 aromatic rings. The van der Waals surface area contributed by atoms with Gasteiger partial charge in [-0.25, -0.2) is 0 Å². The zero-order chi connectivity index (χ0) is 10.1. The van der Waals surface area contributed by atoms with Gasteiger partial charge < -0.3 is 20.3 Å². The lowest BCUT2D eigenvalue weighted by Crippen LogP contribution is -2.30. The van der Waals surface area contributed by atoms with Crippen molar-refractivity contribution in [1.82, 2.24) is 0 Å². The third-order valence-corrected chi connectivity index (χ3v) is 1.65. The van der Waals surface area contributed by atoms with E-state index in [1.54, 1.807) is 0 Å². The van der Waals surface area contributed by atoms with Crippen LogP contribution in [0.3, 0.4) is 0 Å². The lowest BCUT2D eigenvalue weighted by atomic mass is 10.2. The Morgan fingerprint density at radius 2 is 2.08 bits per heavy atom. The van der Waals surface area contributed by atoms with E-state index in [0.717, 1.165) is 0 Å². The molecule has 0 rings (SSSR count). The third kappa shape index (κ3) is 8.18. The van der Waals surface area contributed by atoms with Gasteiger partial charge in [0.05, 0.1) is 19.3 Å². The quantitative estimate of drug-likeness (QED) is 0.572. The predicted molar refractivity (Wildman–Crippen MR) is 51.6 cm³/mol. The highest BCUT2D eigenvalue weighted by Gasteiger charge is 2.06. The summed E-state index contributed by atoms with van der Waals surface area (Å²) in [7, 11) is 0. The smallest absolute Gasteiger partial charge is 0.0781 e. The number of nitrogens with two attached hydrogens (primary N) is 1. The molecule has 4 heteroatoms. The van der Waals surface area contributed by atoms with Crippen LogP contribution in [0.25, 0.3) is 0 Å². The molecule has 4 nitrogen and oxygen atoms in total. The van der Waals surface area contributed by atoms with E-state index in [-0.39, 0.29) is 18.8 Å². The summed E-state index contributed by atoms with van der Waals surface area (Å²) in [5.74, 6) is 0. The van der Waals surface area contributed by atoms with Crippen molar-refractivity contribution < 1.29 is 14.6 Å². The molecule has 0 amide bonds. The highest BCUT2D eigenvalue weighted by atomic mass is 16.5. The molecule has 0 aliphatic rings. The van der Waals surface area contributed by atoms with E-state index in [1.165, 1.54) is 0 Å². The molecule has 0 aromatic carbocycles. The Kier molecular flexibility index (Phi) is 8.33. The molecular weight excluding hydrogens is 170 g/mol. The van der Waals surface area contributed by atoms with Gasteiger partial charge in [0, 0.05) is 19.3 Å². The summed E-state index contributed by atoms with van der Waals surface area (Å²) in [4.78, 5) is 0. The molecular formula is C9H21NO3. The largest absolute Gasteiger partial charge is 0.396 e. The van der Waals surface area contributed by atoms with Crippen molar-refractivity contribution in [3.8, 4) is 0 Å². The van der Waals surface area contributed by atoms with Crippen molar-refractivity contribution in [2.45, 2.75) is 32.4 Å². The van der Waals surface area contributed by atoms with Gasteiger partial charge in [-0.05, 0) is 20.3 Å². The number of aliphatic hydroxyl groups is 1. The molecule has 0 saturated carbocycles. The molecule has 13 heavy (non-hydrogen) atoms. The molecule has 0 radical (unpaired) electrons. The summed E-state index contributed by atoms with van der Waals surface area (Å²) in [6.07, 6.45) is 0.658. The number of aliphatic hydroxyl groups excluding tert-OH is 1. The highest BCUT2D eigenvalue weighted by molar-refractivity contribution is 4.59. The van der Waals surface area contributed by atoms with E-state index in [2.05, 4.69) is 0 Å². The van der Waals surface area contributed by atoms with Crippen molar-refractivity contribution in [2.24, 2.45) is 5.73 Å². The zero-order valence-electron chi connectivity index (χ0n) is 8.53. The second-order valence-electron chi connectivity index (χ2n) is 3.08. The molecule has 0 bridgehead atoms. The molecule has 0 fully saturated rings.